The molecule has 0 amide bonds. The van der Waals surface area contributed by atoms with E-state index in [-0.39, 0.29) is 43.3 Å². The van der Waals surface area contributed by atoms with Crippen LogP contribution in [0.2, 0.25) is 0 Å². The summed E-state index contributed by atoms with van der Waals surface area (Å²) in [6.45, 7) is 0.340. The number of rotatable bonds is 12. The number of carbonyl (C=O) groups is 1. The van der Waals surface area contributed by atoms with Crippen molar-refractivity contribution in [3.63, 3.8) is 0 Å². The molecule has 1 unspecified atom stereocenters. The summed E-state index contributed by atoms with van der Waals surface area (Å²) in [5.41, 5.74) is -0.438. The minimum absolute atomic E-state index is 0.0286. The molecule has 192 valence electrons. The second-order valence-corrected chi connectivity index (χ2v) is 8.24. The smallest absolute Gasteiger partial charge is 0.163 e. The van der Waals surface area contributed by atoms with Crippen LogP contribution < -0.4 is 14.2 Å². The second kappa shape index (κ2) is 11.9. The van der Waals surface area contributed by atoms with E-state index in [9.17, 15) is 18.7 Å². The van der Waals surface area contributed by atoms with Gasteiger partial charge in [-0.1, -0.05) is 0 Å². The van der Waals surface area contributed by atoms with Crippen molar-refractivity contribution in [3.8, 4) is 28.5 Å². The Hall–Kier alpha value is -3.56. The van der Waals surface area contributed by atoms with Crippen LogP contribution in [0.5, 0.6) is 17.2 Å². The topological polar surface area (TPSA) is 98.1 Å². The van der Waals surface area contributed by atoms with Gasteiger partial charge in [-0.3, -0.25) is 4.79 Å². The number of benzene rings is 2. The van der Waals surface area contributed by atoms with Crippen molar-refractivity contribution in [2.75, 3.05) is 34.1 Å². The number of methoxy groups -OCH3 is 2. The van der Waals surface area contributed by atoms with E-state index in [4.69, 9.17) is 19.3 Å². The van der Waals surface area contributed by atoms with E-state index in [1.807, 2.05) is 0 Å². The van der Waals surface area contributed by atoms with Gasteiger partial charge < -0.3 is 24.4 Å². The highest BCUT2D eigenvalue weighted by Gasteiger charge is 2.33. The number of aryl methyl sites for hydroxylation is 1. The van der Waals surface area contributed by atoms with E-state index >= 15 is 0 Å². The molecular weight excluding hydrogens is 472 g/mol. The molecule has 7 nitrogen and oxygen atoms in total. The van der Waals surface area contributed by atoms with Crippen LogP contribution in [0.4, 0.5) is 8.78 Å². The first kappa shape index (κ1) is 27.0. The first-order chi connectivity index (χ1) is 17.3. The quantitative estimate of drug-likeness (QED) is 0.355. The van der Waals surface area contributed by atoms with Gasteiger partial charge in [0.15, 0.2) is 17.3 Å². The Kier molecular flexibility index (Phi) is 8.95. The number of hydrogen-bond donors (Lipinski definition) is 2. The Balaban J connectivity index is 1.84. The molecule has 0 fully saturated rings. The lowest BCUT2D eigenvalue weighted by atomic mass is 9.91. The largest absolute Gasteiger partial charge is 0.494 e. The first-order valence-electron chi connectivity index (χ1n) is 11.3. The molecule has 2 N–H and O–H groups in total. The number of hydrogen-bond acceptors (Lipinski definition) is 7. The van der Waals surface area contributed by atoms with Crippen LogP contribution >= 0.6 is 0 Å². The average Bonchev–Trinajstić information content (AvgIpc) is 2.91. The molecule has 0 aliphatic rings. The van der Waals surface area contributed by atoms with Crippen LogP contribution in [0.3, 0.4) is 0 Å². The normalized spacial score (nSPS) is 12.6. The summed E-state index contributed by atoms with van der Waals surface area (Å²) in [5.74, 6) is 0.340. The molecule has 0 bridgehead atoms. The van der Waals surface area contributed by atoms with Crippen molar-refractivity contribution < 1.29 is 38.0 Å². The van der Waals surface area contributed by atoms with E-state index in [1.165, 1.54) is 44.6 Å². The van der Waals surface area contributed by atoms with Crippen molar-refractivity contribution >= 4 is 5.78 Å². The minimum Gasteiger partial charge on any atom is -0.494 e. The molecule has 0 saturated carbocycles. The molecule has 9 heteroatoms. The Morgan fingerprint density at radius 2 is 1.75 bits per heavy atom. The molecule has 1 atom stereocenters. The maximum absolute atomic E-state index is 14.2. The number of carbonyl (C=O) groups excluding carboxylic acids is 1. The summed E-state index contributed by atoms with van der Waals surface area (Å²) in [6, 6.07) is 12.0. The van der Waals surface area contributed by atoms with E-state index in [0.29, 0.717) is 39.6 Å². The van der Waals surface area contributed by atoms with Gasteiger partial charge in [-0.25, -0.2) is 13.8 Å². The van der Waals surface area contributed by atoms with Gasteiger partial charge in [0.2, 0.25) is 0 Å². The van der Waals surface area contributed by atoms with E-state index < -0.39 is 12.3 Å². The molecule has 3 rings (SSSR count). The first-order valence-corrected chi connectivity index (χ1v) is 11.3. The number of ketones is 1. The third-order valence-corrected chi connectivity index (χ3v) is 5.81. The van der Waals surface area contributed by atoms with Crippen molar-refractivity contribution in [1.82, 2.24) is 4.98 Å². The number of aromatic nitrogens is 1. The number of alkyl halides is 1. The number of aliphatic hydroxyl groups excluding tert-OH is 1. The maximum Gasteiger partial charge on any atom is 0.163 e. The predicted molar refractivity (Wildman–Crippen MR) is 130 cm³/mol. The van der Waals surface area contributed by atoms with Gasteiger partial charge in [0.25, 0.3) is 0 Å². The number of Topliss-reactive ketones (excluding diaryl/α,β-unsaturated/α-hetero) is 1. The van der Waals surface area contributed by atoms with Gasteiger partial charge in [0.1, 0.15) is 36.1 Å². The molecule has 1 aromatic heterocycles. The van der Waals surface area contributed by atoms with Gasteiger partial charge in [-0.05, 0) is 67.4 Å². The summed E-state index contributed by atoms with van der Waals surface area (Å²) in [6.07, 6.45) is -0.395. The molecule has 0 spiro atoms. The van der Waals surface area contributed by atoms with Crippen LogP contribution in [0, 0.1) is 12.7 Å². The van der Waals surface area contributed by atoms with Crippen LogP contribution in [-0.2, 0) is 5.60 Å². The lowest BCUT2D eigenvalue weighted by Gasteiger charge is -2.25. The van der Waals surface area contributed by atoms with Crippen LogP contribution in [0.25, 0.3) is 11.3 Å². The lowest BCUT2D eigenvalue weighted by Crippen LogP contribution is -2.30. The molecule has 36 heavy (non-hydrogen) atoms. The van der Waals surface area contributed by atoms with Gasteiger partial charge in [-0.2, -0.15) is 0 Å². The summed E-state index contributed by atoms with van der Waals surface area (Å²) < 4.78 is 43.9. The lowest BCUT2D eigenvalue weighted by molar-refractivity contribution is -0.00203. The van der Waals surface area contributed by atoms with Crippen LogP contribution in [0.15, 0.2) is 48.5 Å². The Bertz CT molecular complexity index is 1220. The summed E-state index contributed by atoms with van der Waals surface area (Å²) in [4.78, 5) is 17.3. The summed E-state index contributed by atoms with van der Waals surface area (Å²) >= 11 is 0. The van der Waals surface area contributed by atoms with Crippen LogP contribution in [-0.4, -0.2) is 55.1 Å². The zero-order valence-corrected chi connectivity index (χ0v) is 20.4. The van der Waals surface area contributed by atoms with Crippen molar-refractivity contribution in [2.24, 2.45) is 0 Å². The Morgan fingerprint density at radius 1 is 1.03 bits per heavy atom. The molecular formula is C27H29F2NO6. The maximum atomic E-state index is 14.2. The third kappa shape index (κ3) is 5.98. The second-order valence-electron chi connectivity index (χ2n) is 8.24. The third-order valence-electron chi connectivity index (χ3n) is 5.81. The SMILES string of the molecule is COc1cc(C(=O)CCC(O)(CF)c2ccc(OC)c(-c3ccc(F)c(C)c3)n2)ccc1OCCO. The monoisotopic (exact) mass is 501 g/mol. The molecule has 3 aromatic rings. The fraction of sp³-hybridized carbons (Fsp3) is 0.333. The number of pyridine rings is 1. The van der Waals surface area contributed by atoms with E-state index in [1.54, 1.807) is 25.1 Å². The highest BCUT2D eigenvalue weighted by Crippen LogP contribution is 2.35. The van der Waals surface area contributed by atoms with Crippen molar-refractivity contribution in [1.29, 1.82) is 0 Å². The minimum atomic E-state index is -2.03. The van der Waals surface area contributed by atoms with Crippen molar-refractivity contribution in [3.05, 3.63) is 71.2 Å². The van der Waals surface area contributed by atoms with Gasteiger partial charge in [-0.15, -0.1) is 0 Å². The van der Waals surface area contributed by atoms with Gasteiger partial charge >= 0.3 is 0 Å². The number of ether oxygens (including phenoxy) is 3. The fourth-order valence-electron chi connectivity index (χ4n) is 3.71. The fourth-order valence-corrected chi connectivity index (χ4v) is 3.71. The zero-order valence-electron chi connectivity index (χ0n) is 20.4. The molecule has 2 aromatic carbocycles. The highest BCUT2D eigenvalue weighted by molar-refractivity contribution is 5.96. The van der Waals surface area contributed by atoms with E-state index in [0.717, 1.165) is 0 Å². The Labute approximate surface area is 208 Å². The van der Waals surface area contributed by atoms with Crippen molar-refractivity contribution in [2.45, 2.75) is 25.4 Å². The number of halogens is 2. The molecule has 0 aliphatic carbocycles. The average molecular weight is 502 g/mol. The summed E-state index contributed by atoms with van der Waals surface area (Å²) in [7, 11) is 2.87. The van der Waals surface area contributed by atoms with Gasteiger partial charge in [0, 0.05) is 17.5 Å². The predicted octanol–water partition coefficient (Wildman–Crippen LogP) is 4.40. The Morgan fingerprint density at radius 3 is 2.39 bits per heavy atom. The molecule has 0 aliphatic heterocycles. The zero-order chi connectivity index (χ0) is 26.3. The molecule has 0 saturated heterocycles. The van der Waals surface area contributed by atoms with Crippen LogP contribution in [0.1, 0.15) is 34.5 Å². The molecule has 1 heterocycles. The van der Waals surface area contributed by atoms with E-state index in [2.05, 4.69) is 4.98 Å². The number of aliphatic hydroxyl groups is 2. The van der Waals surface area contributed by atoms with Gasteiger partial charge in [0.05, 0.1) is 26.5 Å². The molecule has 0 radical (unpaired) electrons. The number of nitrogens with zero attached hydrogens (tertiary/aromatic N) is 1. The standard InChI is InChI=1S/C27H29F2NO6/c1-17-14-19(4-6-20(17)29)26-23(34-2)8-9-25(30-26)27(33,16-28)11-10-21(32)18-5-7-22(36-13-12-31)24(15-18)35-3/h4-9,14-15,31,33H,10-13,16H2,1-3H3. The highest BCUT2D eigenvalue weighted by atomic mass is 19.1. The summed E-state index contributed by atoms with van der Waals surface area (Å²) in [5, 5.41) is 20.0.